The average Bonchev–Trinajstić information content (AvgIpc) is 1.37. The maximum atomic E-state index is 6.26. The van der Waals surface area contributed by atoms with Gasteiger partial charge >= 0.3 is 17.1 Å². The van der Waals surface area contributed by atoms with E-state index in [1.807, 2.05) is 0 Å². The van der Waals surface area contributed by atoms with E-state index in [1.165, 1.54) is 0 Å². The molecular formula is C2H14CuN2O4. The van der Waals surface area contributed by atoms with Crippen LogP contribution in [0.1, 0.15) is 0 Å². The fourth-order valence-corrected chi connectivity index (χ4v) is 0. The van der Waals surface area contributed by atoms with Crippen LogP contribution in [0.25, 0.3) is 11.5 Å². The molecule has 0 heterocycles. The summed E-state index contributed by atoms with van der Waals surface area (Å²) in [7, 11) is 0. The van der Waals surface area contributed by atoms with E-state index in [9.17, 15) is 0 Å². The van der Waals surface area contributed by atoms with Gasteiger partial charge in [0.05, 0.1) is 0 Å². The van der Waals surface area contributed by atoms with Crippen molar-refractivity contribution in [1.29, 1.82) is 0 Å². The zero-order valence-corrected chi connectivity index (χ0v) is 5.66. The summed E-state index contributed by atoms with van der Waals surface area (Å²) in [5.41, 5.74) is 12.5. The summed E-state index contributed by atoms with van der Waals surface area (Å²) in [6.07, 6.45) is 0. The number of nitrogens with one attached hydrogen (secondary N) is 2. The molecule has 7 heteroatoms. The van der Waals surface area contributed by atoms with E-state index in [1.54, 1.807) is 0 Å². The minimum atomic E-state index is 0. The molecule has 0 atom stereocenters. The van der Waals surface area contributed by atoms with E-state index < -0.39 is 0 Å². The summed E-state index contributed by atoms with van der Waals surface area (Å²) >= 11 is 0. The Bertz CT molecular complexity index is 18.5. The Morgan fingerprint density at radius 2 is 0.778 bits per heavy atom. The van der Waals surface area contributed by atoms with Crippen LogP contribution >= 0.6 is 0 Å². The third-order valence-electron chi connectivity index (χ3n) is 0.125. The minimum Gasteiger partial charge on any atom is -0.679 e. The molecule has 9 heavy (non-hydrogen) atoms. The second-order valence-corrected chi connectivity index (χ2v) is 0.500. The van der Waals surface area contributed by atoms with Crippen LogP contribution in [-0.2, 0) is 17.1 Å². The molecule has 6 nitrogen and oxygen atoms in total. The summed E-state index contributed by atoms with van der Waals surface area (Å²) in [5.74, 6) is 0. The van der Waals surface area contributed by atoms with Crippen LogP contribution in [0.3, 0.4) is 0 Å². The maximum absolute atomic E-state index is 6.26. The Morgan fingerprint density at radius 1 is 0.667 bits per heavy atom. The van der Waals surface area contributed by atoms with Gasteiger partial charge in [0.2, 0.25) is 0 Å². The molecular weight excluding hydrogens is 180 g/mol. The SMILES string of the molecule is O.O.O.O.[Cu+2].[NH-]CC[NH-]. The molecule has 0 aliphatic rings. The van der Waals surface area contributed by atoms with E-state index in [2.05, 4.69) is 0 Å². The second-order valence-electron chi connectivity index (χ2n) is 0.500. The average molecular weight is 194 g/mol. The van der Waals surface area contributed by atoms with Crippen LogP contribution in [0, 0.1) is 0 Å². The third kappa shape index (κ3) is 199. The second kappa shape index (κ2) is 84.4. The van der Waals surface area contributed by atoms with E-state index in [4.69, 9.17) is 11.5 Å². The van der Waals surface area contributed by atoms with Crippen LogP contribution in [0.5, 0.6) is 0 Å². The molecule has 0 bridgehead atoms. The van der Waals surface area contributed by atoms with Crippen molar-refractivity contribution >= 4 is 0 Å². The molecule has 0 aromatic carbocycles. The predicted molar refractivity (Wildman–Crippen MR) is 32.8 cm³/mol. The van der Waals surface area contributed by atoms with Gasteiger partial charge in [0.15, 0.2) is 0 Å². The number of hydrogen-bond acceptors (Lipinski definition) is 0. The van der Waals surface area contributed by atoms with Crippen molar-refractivity contribution in [2.45, 2.75) is 0 Å². The Kier molecular flexibility index (Phi) is 555. The standard InChI is InChI=1S/C2H6N2.Cu.4H2O/c3-1-2-4;;;;;/h3-4H,1-2H2;;4*1H2/q-2;+2;;;;. The van der Waals surface area contributed by atoms with Gasteiger partial charge in [-0.3, -0.25) is 0 Å². The van der Waals surface area contributed by atoms with E-state index in [-0.39, 0.29) is 52.1 Å². The smallest absolute Gasteiger partial charge is 0.679 e. The van der Waals surface area contributed by atoms with Crippen molar-refractivity contribution in [3.8, 4) is 0 Å². The molecule has 1 radical (unpaired) electrons. The molecule has 0 aromatic rings. The normalized spacial score (nSPS) is 3.33. The van der Waals surface area contributed by atoms with Gasteiger partial charge in [-0.2, -0.15) is 13.1 Å². The van der Waals surface area contributed by atoms with Gasteiger partial charge in [-0.25, -0.2) is 0 Å². The number of hydrogen-bond donors (Lipinski definition) is 0. The molecule has 0 fully saturated rings. The molecule has 0 aromatic heterocycles. The summed E-state index contributed by atoms with van der Waals surface area (Å²) in [6, 6.07) is 0. The quantitative estimate of drug-likeness (QED) is 0.411. The Morgan fingerprint density at radius 3 is 0.778 bits per heavy atom. The molecule has 0 saturated heterocycles. The van der Waals surface area contributed by atoms with E-state index in [0.717, 1.165) is 0 Å². The molecule has 0 unspecified atom stereocenters. The zero-order chi connectivity index (χ0) is 3.41. The van der Waals surface area contributed by atoms with Gasteiger partial charge in [0.1, 0.15) is 0 Å². The fourth-order valence-electron chi connectivity index (χ4n) is 0. The van der Waals surface area contributed by atoms with Gasteiger partial charge in [0, 0.05) is 0 Å². The van der Waals surface area contributed by atoms with Crippen molar-refractivity contribution in [3.05, 3.63) is 11.5 Å². The molecule has 0 saturated carbocycles. The molecule has 0 spiro atoms. The van der Waals surface area contributed by atoms with Gasteiger partial charge in [-0.05, 0) is 0 Å². The van der Waals surface area contributed by atoms with Crippen LogP contribution < -0.4 is 0 Å². The van der Waals surface area contributed by atoms with Crippen LogP contribution in [0.2, 0.25) is 0 Å². The molecule has 0 aliphatic carbocycles. The topological polar surface area (TPSA) is 174 Å². The van der Waals surface area contributed by atoms with E-state index >= 15 is 0 Å². The molecule has 0 aliphatic heterocycles. The molecule has 67 valence electrons. The van der Waals surface area contributed by atoms with Crippen LogP contribution in [0.4, 0.5) is 0 Å². The van der Waals surface area contributed by atoms with Crippen molar-refractivity contribution in [2.75, 3.05) is 13.1 Å². The summed E-state index contributed by atoms with van der Waals surface area (Å²) in [5, 5.41) is 0. The van der Waals surface area contributed by atoms with Gasteiger partial charge in [-0.15, -0.1) is 0 Å². The largest absolute Gasteiger partial charge is 2.00 e. The monoisotopic (exact) mass is 193 g/mol. The Balaban J connectivity index is -0.00000000450. The summed E-state index contributed by atoms with van der Waals surface area (Å²) in [6.45, 7) is 0.472. The van der Waals surface area contributed by atoms with Crippen LogP contribution in [-0.4, -0.2) is 35.0 Å². The zero-order valence-electron chi connectivity index (χ0n) is 4.72. The maximum Gasteiger partial charge on any atom is 2.00 e. The minimum absolute atomic E-state index is 0. The third-order valence-corrected chi connectivity index (χ3v) is 0.125. The Hall–Kier alpha value is 0.279. The van der Waals surface area contributed by atoms with Crippen molar-refractivity contribution in [3.63, 3.8) is 0 Å². The molecule has 0 rings (SSSR count). The number of rotatable bonds is 1. The van der Waals surface area contributed by atoms with Gasteiger partial charge < -0.3 is 33.4 Å². The predicted octanol–water partition coefficient (Wildman–Crippen LogP) is -2.21. The first-order valence-corrected chi connectivity index (χ1v) is 1.21. The summed E-state index contributed by atoms with van der Waals surface area (Å²) < 4.78 is 0. The molecule has 0 amide bonds. The van der Waals surface area contributed by atoms with Crippen LogP contribution in [0.15, 0.2) is 0 Å². The first kappa shape index (κ1) is 59.1. The van der Waals surface area contributed by atoms with Crippen molar-refractivity contribution < 1.29 is 39.0 Å². The Labute approximate surface area is 64.3 Å². The van der Waals surface area contributed by atoms with Gasteiger partial charge in [-0.1, -0.05) is 0 Å². The fraction of sp³-hybridized carbons (Fsp3) is 1.00. The van der Waals surface area contributed by atoms with Crippen molar-refractivity contribution in [1.82, 2.24) is 0 Å². The van der Waals surface area contributed by atoms with E-state index in [0.29, 0.717) is 0 Å². The summed E-state index contributed by atoms with van der Waals surface area (Å²) in [4.78, 5) is 0. The van der Waals surface area contributed by atoms with Gasteiger partial charge in [0.25, 0.3) is 0 Å². The van der Waals surface area contributed by atoms with Crippen molar-refractivity contribution in [2.24, 2.45) is 0 Å². The first-order valence-electron chi connectivity index (χ1n) is 1.21. The molecule has 10 N–H and O–H groups in total. The first-order chi connectivity index (χ1) is 1.91.